The molecule has 3 aromatic rings. The van der Waals surface area contributed by atoms with Gasteiger partial charge >= 0.3 is 0 Å². The molecule has 2 aliphatic rings. The first-order valence-electron chi connectivity index (χ1n) is 14.4. The molecule has 0 fully saturated rings. The monoisotopic (exact) mass is 561 g/mol. The Kier molecular flexibility index (Phi) is 7.90. The SMILES string of the molecule is CCc1ccc(N2C(N)=C(C#N)C(c3cc(CSc4ccccc4C)c(C)cc3C)C3=C2CC(C)(C)CC3=O)cc1. The molecule has 0 radical (unpaired) electrons. The third-order valence-corrected chi connectivity index (χ3v) is 9.72. The average Bonchev–Trinajstić information content (AvgIpc) is 2.92. The molecule has 1 atom stereocenters. The van der Waals surface area contributed by atoms with Gasteiger partial charge in [0.05, 0.1) is 17.6 Å². The first kappa shape index (κ1) is 28.8. The van der Waals surface area contributed by atoms with Crippen LogP contribution in [0.2, 0.25) is 0 Å². The summed E-state index contributed by atoms with van der Waals surface area (Å²) in [6, 6.07) is 23.6. The number of Topliss-reactive ketones (excluding diaryl/α,β-unsaturated/α-hetero) is 1. The zero-order valence-corrected chi connectivity index (χ0v) is 25.8. The number of rotatable bonds is 6. The second-order valence-electron chi connectivity index (χ2n) is 12.2. The van der Waals surface area contributed by atoms with E-state index in [1.165, 1.54) is 27.1 Å². The minimum atomic E-state index is -0.479. The number of hydrogen-bond acceptors (Lipinski definition) is 5. The summed E-state index contributed by atoms with van der Waals surface area (Å²) < 4.78 is 0. The summed E-state index contributed by atoms with van der Waals surface area (Å²) in [5.74, 6) is 0.850. The fourth-order valence-electron chi connectivity index (χ4n) is 6.25. The van der Waals surface area contributed by atoms with E-state index in [-0.39, 0.29) is 11.2 Å². The lowest BCUT2D eigenvalue weighted by molar-refractivity contribution is -0.118. The first-order chi connectivity index (χ1) is 19.5. The predicted octanol–water partition coefficient (Wildman–Crippen LogP) is 8.41. The maximum Gasteiger partial charge on any atom is 0.162 e. The summed E-state index contributed by atoms with van der Waals surface area (Å²) in [7, 11) is 0. The van der Waals surface area contributed by atoms with Gasteiger partial charge in [-0.3, -0.25) is 9.69 Å². The number of thioether (sulfide) groups is 1. The summed E-state index contributed by atoms with van der Waals surface area (Å²) in [4.78, 5) is 17.3. The number of carbonyl (C=O) groups is 1. The van der Waals surface area contributed by atoms with Crippen LogP contribution >= 0.6 is 11.8 Å². The highest BCUT2D eigenvalue weighted by Crippen LogP contribution is 2.51. The van der Waals surface area contributed by atoms with E-state index in [2.05, 4.69) is 108 Å². The Bertz CT molecular complexity index is 1620. The lowest BCUT2D eigenvalue weighted by atomic mass is 9.68. The van der Waals surface area contributed by atoms with E-state index in [0.717, 1.165) is 40.3 Å². The summed E-state index contributed by atoms with van der Waals surface area (Å²) in [5.41, 5.74) is 16.7. The summed E-state index contributed by atoms with van der Waals surface area (Å²) in [5, 5.41) is 10.6. The van der Waals surface area contributed by atoms with Gasteiger partial charge in [0.25, 0.3) is 0 Å². The molecule has 1 heterocycles. The molecule has 0 saturated carbocycles. The number of benzene rings is 3. The van der Waals surface area contributed by atoms with Gasteiger partial charge in [0.15, 0.2) is 5.78 Å². The van der Waals surface area contributed by atoms with Gasteiger partial charge in [-0.1, -0.05) is 63.2 Å². The molecular weight excluding hydrogens is 522 g/mol. The van der Waals surface area contributed by atoms with Crippen molar-refractivity contribution in [3.05, 3.63) is 117 Å². The molecule has 41 heavy (non-hydrogen) atoms. The quantitative estimate of drug-likeness (QED) is 0.306. The predicted molar refractivity (Wildman–Crippen MR) is 170 cm³/mol. The lowest BCUT2D eigenvalue weighted by Crippen LogP contribution is -2.42. The molecule has 5 rings (SSSR count). The highest BCUT2D eigenvalue weighted by molar-refractivity contribution is 7.98. The van der Waals surface area contributed by atoms with Crippen LogP contribution in [0.1, 0.15) is 72.9 Å². The molecule has 5 heteroatoms. The van der Waals surface area contributed by atoms with Gasteiger partial charge < -0.3 is 5.73 Å². The molecule has 1 unspecified atom stereocenters. The van der Waals surface area contributed by atoms with Crippen LogP contribution < -0.4 is 10.6 Å². The van der Waals surface area contributed by atoms with Crippen LogP contribution in [-0.4, -0.2) is 5.78 Å². The molecule has 210 valence electrons. The number of hydrogen-bond donors (Lipinski definition) is 1. The van der Waals surface area contributed by atoms with Crippen molar-refractivity contribution in [3.8, 4) is 6.07 Å². The van der Waals surface area contributed by atoms with Gasteiger partial charge in [0.2, 0.25) is 0 Å². The van der Waals surface area contributed by atoms with Crippen LogP contribution in [0.5, 0.6) is 0 Å². The van der Waals surface area contributed by atoms with Gasteiger partial charge in [-0.15, -0.1) is 11.8 Å². The third-order valence-electron chi connectivity index (χ3n) is 8.50. The van der Waals surface area contributed by atoms with Crippen molar-refractivity contribution >= 4 is 23.2 Å². The summed E-state index contributed by atoms with van der Waals surface area (Å²) in [6.07, 6.45) is 2.10. The normalized spacial score (nSPS) is 18.4. The molecule has 3 aromatic carbocycles. The molecule has 0 aromatic heterocycles. The standard InChI is InChI=1S/C36H39N3OS/c1-7-25-12-14-27(15-13-25)39-30-18-36(5,6)19-31(40)34(30)33(29(20-37)35(39)38)28-17-26(23(3)16-24(28)4)21-41-32-11-9-8-10-22(32)2/h8-17,33H,7,18-19,21,38H2,1-6H3. The maximum absolute atomic E-state index is 14.0. The van der Waals surface area contributed by atoms with Crippen LogP contribution in [0.25, 0.3) is 0 Å². The smallest absolute Gasteiger partial charge is 0.162 e. The molecule has 4 nitrogen and oxygen atoms in total. The van der Waals surface area contributed by atoms with Crippen LogP contribution in [0.4, 0.5) is 5.69 Å². The van der Waals surface area contributed by atoms with Crippen LogP contribution in [0, 0.1) is 37.5 Å². The van der Waals surface area contributed by atoms with Crippen LogP contribution in [-0.2, 0) is 17.0 Å². The fourth-order valence-corrected chi connectivity index (χ4v) is 7.34. The van der Waals surface area contributed by atoms with Crippen molar-refractivity contribution in [2.45, 2.75) is 77.4 Å². The topological polar surface area (TPSA) is 70.1 Å². The molecule has 0 bridgehead atoms. The Morgan fingerprint density at radius 2 is 1.71 bits per heavy atom. The van der Waals surface area contributed by atoms with Crippen molar-refractivity contribution < 1.29 is 4.79 Å². The first-order valence-corrected chi connectivity index (χ1v) is 15.4. The largest absolute Gasteiger partial charge is 0.384 e. The van der Waals surface area contributed by atoms with Crippen molar-refractivity contribution in [1.29, 1.82) is 5.26 Å². The zero-order valence-electron chi connectivity index (χ0n) is 25.0. The molecule has 0 spiro atoms. The second kappa shape index (κ2) is 11.3. The molecular formula is C36H39N3OS. The van der Waals surface area contributed by atoms with E-state index in [1.807, 2.05) is 16.7 Å². The van der Waals surface area contributed by atoms with Gasteiger partial charge in [-0.2, -0.15) is 5.26 Å². The molecule has 0 amide bonds. The maximum atomic E-state index is 14.0. The van der Waals surface area contributed by atoms with E-state index in [0.29, 0.717) is 24.2 Å². The fraction of sp³-hybridized carbons (Fsp3) is 0.333. The molecule has 1 aliphatic heterocycles. The van der Waals surface area contributed by atoms with Gasteiger partial charge in [-0.25, -0.2) is 0 Å². The van der Waals surface area contributed by atoms with E-state index >= 15 is 0 Å². The van der Waals surface area contributed by atoms with Crippen molar-refractivity contribution in [3.63, 3.8) is 0 Å². The minimum absolute atomic E-state index is 0.104. The number of ketones is 1. The van der Waals surface area contributed by atoms with E-state index in [9.17, 15) is 10.1 Å². The average molecular weight is 562 g/mol. The number of nitrogens with two attached hydrogens (primary N) is 1. The van der Waals surface area contributed by atoms with E-state index in [4.69, 9.17) is 5.73 Å². The Balaban J connectivity index is 1.66. The number of aryl methyl sites for hydroxylation is 4. The Morgan fingerprint density at radius 1 is 1.00 bits per heavy atom. The molecule has 1 aliphatic carbocycles. The molecule has 0 saturated heterocycles. The van der Waals surface area contributed by atoms with E-state index in [1.54, 1.807) is 0 Å². The highest BCUT2D eigenvalue weighted by atomic mass is 32.2. The van der Waals surface area contributed by atoms with Gasteiger partial charge in [-0.05, 0) is 90.6 Å². The van der Waals surface area contributed by atoms with Gasteiger partial charge in [0.1, 0.15) is 5.82 Å². The summed E-state index contributed by atoms with van der Waals surface area (Å²) >= 11 is 1.82. The lowest BCUT2D eigenvalue weighted by Gasteiger charge is -2.44. The Morgan fingerprint density at radius 3 is 2.37 bits per heavy atom. The van der Waals surface area contributed by atoms with Crippen molar-refractivity contribution in [1.82, 2.24) is 0 Å². The number of anilines is 1. The van der Waals surface area contributed by atoms with E-state index < -0.39 is 5.92 Å². The minimum Gasteiger partial charge on any atom is -0.384 e. The van der Waals surface area contributed by atoms with Crippen LogP contribution in [0.15, 0.2) is 88.2 Å². The van der Waals surface area contributed by atoms with Crippen molar-refractivity contribution in [2.75, 3.05) is 4.90 Å². The highest BCUT2D eigenvalue weighted by Gasteiger charge is 2.45. The zero-order chi connectivity index (χ0) is 29.5. The second-order valence-corrected chi connectivity index (χ2v) is 13.2. The Hall–Kier alpha value is -3.75. The Labute approximate surface area is 249 Å². The summed E-state index contributed by atoms with van der Waals surface area (Å²) in [6.45, 7) is 12.8. The van der Waals surface area contributed by atoms with Gasteiger partial charge in [0, 0.05) is 34.0 Å². The third kappa shape index (κ3) is 5.46. The number of nitrogens with zero attached hydrogens (tertiary/aromatic N) is 2. The van der Waals surface area contributed by atoms with Crippen molar-refractivity contribution in [2.24, 2.45) is 11.1 Å². The molecule has 2 N–H and O–H groups in total. The van der Waals surface area contributed by atoms with Crippen LogP contribution in [0.3, 0.4) is 0 Å². The number of allylic oxidation sites excluding steroid dienone is 3. The number of carbonyl (C=O) groups excluding carboxylic acids is 1. The number of nitriles is 1.